The van der Waals surface area contributed by atoms with Gasteiger partial charge in [-0.25, -0.2) is 0 Å². The molecule has 2 rings (SSSR count). The molecule has 0 bridgehead atoms. The van der Waals surface area contributed by atoms with E-state index in [1.54, 1.807) is 0 Å². The Kier molecular flexibility index (Phi) is 6.09. The largest absolute Gasteiger partial charge is 0.457 e. The first-order valence-corrected chi connectivity index (χ1v) is 8.23. The van der Waals surface area contributed by atoms with Crippen molar-refractivity contribution in [2.24, 2.45) is 0 Å². The van der Waals surface area contributed by atoms with E-state index in [1.807, 2.05) is 36.4 Å². The highest BCUT2D eigenvalue weighted by atomic mass is 79.9. The molecule has 0 aliphatic rings. The maximum absolute atomic E-state index is 6.02. The van der Waals surface area contributed by atoms with Gasteiger partial charge >= 0.3 is 0 Å². The Morgan fingerprint density at radius 3 is 2.76 bits per heavy atom. The van der Waals surface area contributed by atoms with Crippen LogP contribution in [0.1, 0.15) is 31.9 Å². The average Bonchev–Trinajstić information content (AvgIpc) is 2.45. The van der Waals surface area contributed by atoms with Gasteiger partial charge in [0.2, 0.25) is 0 Å². The van der Waals surface area contributed by atoms with Crippen LogP contribution in [-0.2, 0) is 0 Å². The molecule has 0 aromatic heterocycles. The highest BCUT2D eigenvalue weighted by Gasteiger charge is 2.12. The third-order valence-corrected chi connectivity index (χ3v) is 3.89. The van der Waals surface area contributed by atoms with E-state index in [2.05, 4.69) is 41.2 Å². The van der Waals surface area contributed by atoms with E-state index >= 15 is 0 Å². The highest BCUT2D eigenvalue weighted by molar-refractivity contribution is 9.10. The number of benzene rings is 2. The van der Waals surface area contributed by atoms with Crippen molar-refractivity contribution in [1.82, 2.24) is 5.32 Å². The average molecular weight is 369 g/mol. The lowest BCUT2D eigenvalue weighted by molar-refractivity contribution is 0.460. The highest BCUT2D eigenvalue weighted by Crippen LogP contribution is 2.33. The van der Waals surface area contributed by atoms with E-state index in [1.165, 1.54) is 0 Å². The van der Waals surface area contributed by atoms with Crippen molar-refractivity contribution in [3.63, 3.8) is 0 Å². The lowest BCUT2D eigenvalue weighted by atomic mass is 10.1. The van der Waals surface area contributed by atoms with Crippen LogP contribution >= 0.6 is 27.5 Å². The summed E-state index contributed by atoms with van der Waals surface area (Å²) >= 11 is 9.51. The molecule has 21 heavy (non-hydrogen) atoms. The van der Waals surface area contributed by atoms with E-state index in [0.717, 1.165) is 34.5 Å². The van der Waals surface area contributed by atoms with Crippen LogP contribution in [-0.4, -0.2) is 6.54 Å². The van der Waals surface area contributed by atoms with Crippen LogP contribution < -0.4 is 10.1 Å². The minimum Gasteiger partial charge on any atom is -0.457 e. The third kappa shape index (κ3) is 4.73. The molecule has 2 nitrogen and oxygen atoms in total. The minimum absolute atomic E-state index is 0.229. The smallest absolute Gasteiger partial charge is 0.133 e. The lowest BCUT2D eigenvalue weighted by Crippen LogP contribution is -2.19. The summed E-state index contributed by atoms with van der Waals surface area (Å²) < 4.78 is 7.01. The Morgan fingerprint density at radius 1 is 1.24 bits per heavy atom. The molecule has 0 aliphatic carbocycles. The SMILES string of the molecule is CCCNC(C)c1ccc(Br)cc1Oc1cccc(Cl)c1. The van der Waals surface area contributed by atoms with E-state index in [0.29, 0.717) is 5.02 Å². The van der Waals surface area contributed by atoms with Crippen molar-refractivity contribution in [3.8, 4) is 11.5 Å². The molecule has 0 saturated heterocycles. The fourth-order valence-corrected chi connectivity index (χ4v) is 2.60. The van der Waals surface area contributed by atoms with Crippen molar-refractivity contribution < 1.29 is 4.74 Å². The zero-order valence-corrected chi connectivity index (χ0v) is 14.5. The molecule has 0 heterocycles. The number of ether oxygens (including phenoxy) is 1. The van der Waals surface area contributed by atoms with Gasteiger partial charge in [-0.1, -0.05) is 46.6 Å². The lowest BCUT2D eigenvalue weighted by Gasteiger charge is -2.18. The maximum Gasteiger partial charge on any atom is 0.133 e. The fraction of sp³-hybridized carbons (Fsp3) is 0.294. The first-order valence-electron chi connectivity index (χ1n) is 7.06. The van der Waals surface area contributed by atoms with Gasteiger partial charge in [-0.2, -0.15) is 0 Å². The van der Waals surface area contributed by atoms with Crippen LogP contribution in [0.15, 0.2) is 46.9 Å². The van der Waals surface area contributed by atoms with E-state index in [-0.39, 0.29) is 6.04 Å². The predicted octanol–water partition coefficient (Wildman–Crippen LogP) is 5.96. The quantitative estimate of drug-likeness (QED) is 0.679. The van der Waals surface area contributed by atoms with Crippen LogP contribution in [0.4, 0.5) is 0 Å². The van der Waals surface area contributed by atoms with Gasteiger partial charge in [0.05, 0.1) is 0 Å². The summed E-state index contributed by atoms with van der Waals surface area (Å²) in [4.78, 5) is 0. The van der Waals surface area contributed by atoms with Gasteiger partial charge in [-0.15, -0.1) is 0 Å². The second-order valence-electron chi connectivity index (χ2n) is 4.92. The minimum atomic E-state index is 0.229. The number of rotatable bonds is 6. The van der Waals surface area contributed by atoms with Crippen molar-refractivity contribution in [1.29, 1.82) is 0 Å². The maximum atomic E-state index is 6.02. The topological polar surface area (TPSA) is 21.3 Å². The van der Waals surface area contributed by atoms with Crippen LogP contribution in [0.25, 0.3) is 0 Å². The molecule has 1 N–H and O–H groups in total. The van der Waals surface area contributed by atoms with Crippen LogP contribution in [0, 0.1) is 0 Å². The van der Waals surface area contributed by atoms with E-state index < -0.39 is 0 Å². The second kappa shape index (κ2) is 7.83. The summed E-state index contributed by atoms with van der Waals surface area (Å²) in [6.07, 6.45) is 1.10. The van der Waals surface area contributed by atoms with Gasteiger partial charge in [0, 0.05) is 21.1 Å². The molecular weight excluding hydrogens is 350 g/mol. The zero-order chi connectivity index (χ0) is 15.2. The molecule has 1 unspecified atom stereocenters. The summed E-state index contributed by atoms with van der Waals surface area (Å²) in [6.45, 7) is 5.28. The summed E-state index contributed by atoms with van der Waals surface area (Å²) in [6, 6.07) is 13.8. The molecule has 0 radical (unpaired) electrons. The van der Waals surface area contributed by atoms with E-state index in [9.17, 15) is 0 Å². The molecule has 0 amide bonds. The summed E-state index contributed by atoms with van der Waals surface area (Å²) in [5.74, 6) is 1.58. The number of hydrogen-bond acceptors (Lipinski definition) is 2. The predicted molar refractivity (Wildman–Crippen MR) is 92.4 cm³/mol. The van der Waals surface area contributed by atoms with Crippen molar-refractivity contribution in [3.05, 3.63) is 57.5 Å². The first-order chi connectivity index (χ1) is 10.1. The molecule has 0 saturated carbocycles. The molecule has 4 heteroatoms. The molecule has 2 aromatic rings. The number of hydrogen-bond donors (Lipinski definition) is 1. The molecule has 0 fully saturated rings. The first kappa shape index (κ1) is 16.3. The number of halogens is 2. The Labute approximate surface area is 139 Å². The summed E-state index contributed by atoms with van der Waals surface area (Å²) in [5.41, 5.74) is 1.13. The third-order valence-electron chi connectivity index (χ3n) is 3.17. The second-order valence-corrected chi connectivity index (χ2v) is 6.27. The monoisotopic (exact) mass is 367 g/mol. The molecular formula is C17H19BrClNO. The molecule has 1 atom stereocenters. The van der Waals surface area contributed by atoms with E-state index in [4.69, 9.17) is 16.3 Å². The van der Waals surface area contributed by atoms with Crippen molar-refractivity contribution >= 4 is 27.5 Å². The van der Waals surface area contributed by atoms with Crippen LogP contribution in [0.2, 0.25) is 5.02 Å². The van der Waals surface area contributed by atoms with Crippen LogP contribution in [0.5, 0.6) is 11.5 Å². The fourth-order valence-electron chi connectivity index (χ4n) is 2.08. The molecule has 0 aliphatic heterocycles. The molecule has 112 valence electrons. The van der Waals surface area contributed by atoms with Crippen molar-refractivity contribution in [2.75, 3.05) is 6.54 Å². The normalized spacial score (nSPS) is 12.2. The van der Waals surface area contributed by atoms with Gasteiger partial charge in [0.15, 0.2) is 0 Å². The summed E-state index contributed by atoms with van der Waals surface area (Å²) in [5, 5.41) is 4.15. The van der Waals surface area contributed by atoms with Gasteiger partial charge < -0.3 is 10.1 Å². The van der Waals surface area contributed by atoms with Gasteiger partial charge in [-0.3, -0.25) is 0 Å². The van der Waals surface area contributed by atoms with Crippen molar-refractivity contribution in [2.45, 2.75) is 26.3 Å². The van der Waals surface area contributed by atoms with Crippen LogP contribution in [0.3, 0.4) is 0 Å². The standard InChI is InChI=1S/C17H19BrClNO/c1-3-9-20-12(2)16-8-7-13(18)10-17(16)21-15-6-4-5-14(19)11-15/h4-8,10-12,20H,3,9H2,1-2H3. The van der Waals surface area contributed by atoms with Gasteiger partial charge in [-0.05, 0) is 50.2 Å². The Hall–Kier alpha value is -1.03. The van der Waals surface area contributed by atoms with Gasteiger partial charge in [0.1, 0.15) is 11.5 Å². The Morgan fingerprint density at radius 2 is 2.05 bits per heavy atom. The summed E-state index contributed by atoms with van der Waals surface area (Å²) in [7, 11) is 0. The van der Waals surface area contributed by atoms with Gasteiger partial charge in [0.25, 0.3) is 0 Å². The zero-order valence-electron chi connectivity index (χ0n) is 12.2. The number of nitrogens with one attached hydrogen (secondary N) is 1. The Bertz CT molecular complexity index is 603. The molecule has 0 spiro atoms. The molecule has 2 aromatic carbocycles. The Balaban J connectivity index is 2.26.